The molecule has 0 fully saturated rings. The Morgan fingerprint density at radius 1 is 1.36 bits per heavy atom. The third-order valence-corrected chi connectivity index (χ3v) is 2.71. The molecule has 0 bridgehead atoms. The van der Waals surface area contributed by atoms with Gasteiger partial charge in [-0.15, -0.1) is 12.3 Å². The van der Waals surface area contributed by atoms with Crippen molar-refractivity contribution in [2.45, 2.75) is 47.0 Å². The van der Waals surface area contributed by atoms with E-state index >= 15 is 0 Å². The lowest BCUT2D eigenvalue weighted by Crippen LogP contribution is -2.18. The zero-order valence-corrected chi connectivity index (χ0v) is 8.28. The second-order valence-corrected chi connectivity index (χ2v) is 4.20. The van der Waals surface area contributed by atoms with E-state index < -0.39 is 0 Å². The van der Waals surface area contributed by atoms with E-state index in [4.69, 9.17) is 6.42 Å². The maximum atomic E-state index is 5.18. The standard InChI is InChI=1S/C11H20/c1-6-7-8-9-11(4,5)10(2)3/h1,10H,7-9H2,2-5H3. The molecule has 0 spiro atoms. The first kappa shape index (κ1) is 10.6. The molecular formula is C11H20. The van der Waals surface area contributed by atoms with Crippen LogP contribution in [0.2, 0.25) is 0 Å². The lowest BCUT2D eigenvalue weighted by molar-refractivity contribution is 0.224. The predicted molar refractivity (Wildman–Crippen MR) is 51.3 cm³/mol. The lowest BCUT2D eigenvalue weighted by atomic mass is 9.77. The van der Waals surface area contributed by atoms with Crippen molar-refractivity contribution in [3.05, 3.63) is 0 Å². The summed E-state index contributed by atoms with van der Waals surface area (Å²) in [6.45, 7) is 9.17. The molecule has 0 amide bonds. The largest absolute Gasteiger partial charge is 0.120 e. The van der Waals surface area contributed by atoms with Gasteiger partial charge >= 0.3 is 0 Å². The SMILES string of the molecule is C#CCCCC(C)(C)C(C)C. The first-order valence-electron chi connectivity index (χ1n) is 4.44. The van der Waals surface area contributed by atoms with Gasteiger partial charge in [-0.25, -0.2) is 0 Å². The highest BCUT2D eigenvalue weighted by molar-refractivity contribution is 4.84. The molecule has 0 aromatic heterocycles. The van der Waals surface area contributed by atoms with Crippen LogP contribution in [-0.4, -0.2) is 0 Å². The fraction of sp³-hybridized carbons (Fsp3) is 0.818. The van der Waals surface area contributed by atoms with Crippen molar-refractivity contribution in [3.8, 4) is 12.3 Å². The second-order valence-electron chi connectivity index (χ2n) is 4.20. The molecule has 0 aliphatic heterocycles. The van der Waals surface area contributed by atoms with Crippen LogP contribution in [0.1, 0.15) is 47.0 Å². The third-order valence-electron chi connectivity index (χ3n) is 2.71. The van der Waals surface area contributed by atoms with Crippen LogP contribution in [0, 0.1) is 23.7 Å². The quantitative estimate of drug-likeness (QED) is 0.427. The third kappa shape index (κ3) is 4.09. The highest BCUT2D eigenvalue weighted by Crippen LogP contribution is 2.31. The van der Waals surface area contributed by atoms with Gasteiger partial charge in [0.1, 0.15) is 0 Å². The normalized spacial score (nSPS) is 11.6. The van der Waals surface area contributed by atoms with Crippen LogP contribution in [0.25, 0.3) is 0 Å². The summed E-state index contributed by atoms with van der Waals surface area (Å²) in [5, 5.41) is 0. The molecule has 0 rings (SSSR count). The van der Waals surface area contributed by atoms with Crippen molar-refractivity contribution >= 4 is 0 Å². The van der Waals surface area contributed by atoms with E-state index in [1.165, 1.54) is 12.8 Å². The van der Waals surface area contributed by atoms with Gasteiger partial charge in [0, 0.05) is 6.42 Å². The average molecular weight is 152 g/mol. The molecule has 0 saturated carbocycles. The molecule has 0 aromatic carbocycles. The maximum absolute atomic E-state index is 5.18. The fourth-order valence-corrected chi connectivity index (χ4v) is 0.935. The number of hydrogen-bond acceptors (Lipinski definition) is 0. The summed E-state index contributed by atoms with van der Waals surface area (Å²) in [7, 11) is 0. The molecule has 64 valence electrons. The Balaban J connectivity index is 3.66. The van der Waals surface area contributed by atoms with Gasteiger partial charge in [-0.3, -0.25) is 0 Å². The highest BCUT2D eigenvalue weighted by atomic mass is 14.3. The van der Waals surface area contributed by atoms with Gasteiger partial charge in [-0.1, -0.05) is 27.7 Å². The molecule has 0 atom stereocenters. The van der Waals surface area contributed by atoms with Crippen LogP contribution in [0.4, 0.5) is 0 Å². The molecule has 0 radical (unpaired) electrons. The van der Waals surface area contributed by atoms with Crippen molar-refractivity contribution < 1.29 is 0 Å². The minimum atomic E-state index is 0.455. The summed E-state index contributed by atoms with van der Waals surface area (Å²) >= 11 is 0. The van der Waals surface area contributed by atoms with Gasteiger partial charge in [0.2, 0.25) is 0 Å². The Hall–Kier alpha value is -0.440. The van der Waals surface area contributed by atoms with Crippen LogP contribution in [0.5, 0.6) is 0 Å². The second kappa shape index (κ2) is 4.44. The monoisotopic (exact) mass is 152 g/mol. The molecule has 11 heavy (non-hydrogen) atoms. The smallest absolute Gasteiger partial charge is 0.00862 e. The number of hydrogen-bond donors (Lipinski definition) is 0. The fourth-order valence-electron chi connectivity index (χ4n) is 0.935. The topological polar surface area (TPSA) is 0 Å². The number of terminal acetylenes is 1. The minimum Gasteiger partial charge on any atom is -0.120 e. The van der Waals surface area contributed by atoms with Crippen LogP contribution in [-0.2, 0) is 0 Å². The molecule has 0 aliphatic rings. The predicted octanol–water partition coefficient (Wildman–Crippen LogP) is 3.47. The molecule has 0 nitrogen and oxygen atoms in total. The highest BCUT2D eigenvalue weighted by Gasteiger charge is 2.20. The molecular weight excluding hydrogens is 132 g/mol. The maximum Gasteiger partial charge on any atom is 0.00862 e. The van der Waals surface area contributed by atoms with Crippen LogP contribution >= 0.6 is 0 Å². The average Bonchev–Trinajstić information content (AvgIpc) is 1.88. The van der Waals surface area contributed by atoms with Crippen molar-refractivity contribution in [3.63, 3.8) is 0 Å². The van der Waals surface area contributed by atoms with Gasteiger partial charge in [-0.2, -0.15) is 0 Å². The van der Waals surface area contributed by atoms with Crippen molar-refractivity contribution in [1.29, 1.82) is 0 Å². The summed E-state index contributed by atoms with van der Waals surface area (Å²) in [5.41, 5.74) is 0.455. The minimum absolute atomic E-state index is 0.455. The van der Waals surface area contributed by atoms with Crippen LogP contribution < -0.4 is 0 Å². The molecule has 0 aromatic rings. The van der Waals surface area contributed by atoms with Gasteiger partial charge < -0.3 is 0 Å². The van der Waals surface area contributed by atoms with Crippen LogP contribution in [0.3, 0.4) is 0 Å². The Kier molecular flexibility index (Phi) is 4.26. The summed E-state index contributed by atoms with van der Waals surface area (Å²) in [4.78, 5) is 0. The summed E-state index contributed by atoms with van der Waals surface area (Å²) in [6, 6.07) is 0. The van der Waals surface area contributed by atoms with E-state index in [2.05, 4.69) is 33.6 Å². The zero-order valence-electron chi connectivity index (χ0n) is 8.28. The summed E-state index contributed by atoms with van der Waals surface area (Å²) in [5.74, 6) is 3.43. The Labute approximate surface area is 71.4 Å². The summed E-state index contributed by atoms with van der Waals surface area (Å²) in [6.07, 6.45) is 8.52. The van der Waals surface area contributed by atoms with E-state index in [0.29, 0.717) is 5.41 Å². The first-order valence-corrected chi connectivity index (χ1v) is 4.44. The molecule has 0 unspecified atom stereocenters. The Bertz CT molecular complexity index is 135. The van der Waals surface area contributed by atoms with E-state index in [9.17, 15) is 0 Å². The Morgan fingerprint density at radius 3 is 2.27 bits per heavy atom. The summed E-state index contributed by atoms with van der Waals surface area (Å²) < 4.78 is 0. The van der Waals surface area contributed by atoms with Gasteiger partial charge in [0.15, 0.2) is 0 Å². The first-order chi connectivity index (χ1) is 5.00. The molecule has 0 aliphatic carbocycles. The van der Waals surface area contributed by atoms with Gasteiger partial charge in [0.05, 0.1) is 0 Å². The van der Waals surface area contributed by atoms with E-state index in [0.717, 1.165) is 12.3 Å². The van der Waals surface area contributed by atoms with Gasteiger partial charge in [-0.05, 0) is 24.2 Å². The molecule has 0 saturated heterocycles. The van der Waals surface area contributed by atoms with Gasteiger partial charge in [0.25, 0.3) is 0 Å². The molecule has 0 N–H and O–H groups in total. The van der Waals surface area contributed by atoms with Crippen molar-refractivity contribution in [2.75, 3.05) is 0 Å². The molecule has 0 heterocycles. The van der Waals surface area contributed by atoms with Crippen LogP contribution in [0.15, 0.2) is 0 Å². The Morgan fingerprint density at radius 2 is 1.91 bits per heavy atom. The van der Waals surface area contributed by atoms with Crippen molar-refractivity contribution in [2.24, 2.45) is 11.3 Å². The molecule has 0 heteroatoms. The van der Waals surface area contributed by atoms with E-state index in [1.54, 1.807) is 0 Å². The lowest BCUT2D eigenvalue weighted by Gasteiger charge is -2.28. The van der Waals surface area contributed by atoms with E-state index in [1.807, 2.05) is 0 Å². The number of unbranched alkanes of at least 4 members (excludes halogenated alkanes) is 1. The van der Waals surface area contributed by atoms with Crippen molar-refractivity contribution in [1.82, 2.24) is 0 Å². The van der Waals surface area contributed by atoms with E-state index in [-0.39, 0.29) is 0 Å². The zero-order chi connectivity index (χ0) is 8.91. The number of rotatable bonds is 4.